The van der Waals surface area contributed by atoms with Crippen LogP contribution in [0.4, 0.5) is 4.39 Å². The summed E-state index contributed by atoms with van der Waals surface area (Å²) in [5.74, 6) is -0.579. The molecule has 112 valence electrons. The van der Waals surface area contributed by atoms with Gasteiger partial charge in [0.2, 0.25) is 10.0 Å². The molecule has 5 nitrogen and oxygen atoms in total. The smallest absolute Gasteiger partial charge is 0.240 e. The van der Waals surface area contributed by atoms with E-state index in [2.05, 4.69) is 4.72 Å². The number of aryl methyl sites for hydroxylation is 1. The predicted octanol–water partition coefficient (Wildman–Crippen LogP) is 0.952. The van der Waals surface area contributed by atoms with Crippen LogP contribution in [0.3, 0.4) is 0 Å². The molecule has 1 aliphatic heterocycles. The average molecular weight is 303 g/mol. The molecule has 0 spiro atoms. The Balaban J connectivity index is 2.13. The van der Waals surface area contributed by atoms with Crippen LogP contribution in [0.25, 0.3) is 0 Å². The van der Waals surface area contributed by atoms with Crippen LogP contribution in [-0.2, 0) is 14.8 Å². The van der Waals surface area contributed by atoms with Gasteiger partial charge in [-0.15, -0.1) is 0 Å². The second-order valence-corrected chi connectivity index (χ2v) is 6.87. The minimum atomic E-state index is -3.85. The Morgan fingerprint density at radius 1 is 1.55 bits per heavy atom. The van der Waals surface area contributed by atoms with E-state index in [9.17, 15) is 17.9 Å². The fourth-order valence-electron chi connectivity index (χ4n) is 2.05. The molecule has 2 unspecified atom stereocenters. The maximum atomic E-state index is 13.4. The molecule has 0 amide bonds. The number of ether oxygens (including phenoxy) is 1. The Bertz CT molecular complexity index is 604. The van der Waals surface area contributed by atoms with Crippen molar-refractivity contribution in [2.24, 2.45) is 0 Å². The van der Waals surface area contributed by atoms with Crippen LogP contribution in [0.5, 0.6) is 0 Å². The second-order valence-electron chi connectivity index (χ2n) is 5.10. The molecule has 1 aliphatic rings. The van der Waals surface area contributed by atoms with Crippen molar-refractivity contribution >= 4 is 10.0 Å². The largest absolute Gasteiger partial charge is 0.386 e. The number of hydrogen-bond donors (Lipinski definition) is 2. The van der Waals surface area contributed by atoms with Gasteiger partial charge >= 0.3 is 0 Å². The van der Waals surface area contributed by atoms with Crippen molar-refractivity contribution in [2.45, 2.75) is 36.9 Å². The van der Waals surface area contributed by atoms with Gasteiger partial charge in [-0.2, -0.15) is 0 Å². The maximum Gasteiger partial charge on any atom is 0.240 e. The van der Waals surface area contributed by atoms with Gasteiger partial charge < -0.3 is 9.84 Å². The minimum Gasteiger partial charge on any atom is -0.386 e. The van der Waals surface area contributed by atoms with Crippen LogP contribution in [0.15, 0.2) is 23.1 Å². The van der Waals surface area contributed by atoms with Crippen LogP contribution < -0.4 is 4.72 Å². The first kappa shape index (κ1) is 15.4. The molecular weight excluding hydrogens is 285 g/mol. The number of aliphatic hydroxyl groups is 1. The van der Waals surface area contributed by atoms with Gasteiger partial charge in [0.05, 0.1) is 11.0 Å². The van der Waals surface area contributed by atoms with Gasteiger partial charge in [-0.3, -0.25) is 0 Å². The molecule has 0 bridgehead atoms. The molecule has 2 rings (SSSR count). The summed E-state index contributed by atoms with van der Waals surface area (Å²) in [6.07, 6.45) is -0.0844. The molecule has 1 aromatic rings. The van der Waals surface area contributed by atoms with Gasteiger partial charge in [-0.1, -0.05) is 6.07 Å². The predicted molar refractivity (Wildman–Crippen MR) is 71.3 cm³/mol. The molecule has 1 heterocycles. The van der Waals surface area contributed by atoms with Crippen molar-refractivity contribution in [3.8, 4) is 0 Å². The summed E-state index contributed by atoms with van der Waals surface area (Å²) in [5, 5.41) is 10.2. The Hall–Kier alpha value is -1.02. The fourth-order valence-corrected chi connectivity index (χ4v) is 3.16. The van der Waals surface area contributed by atoms with Crippen molar-refractivity contribution in [3.63, 3.8) is 0 Å². The quantitative estimate of drug-likeness (QED) is 0.868. The van der Waals surface area contributed by atoms with E-state index < -0.39 is 27.5 Å². The molecule has 0 aromatic heterocycles. The van der Waals surface area contributed by atoms with E-state index in [0.29, 0.717) is 18.6 Å². The van der Waals surface area contributed by atoms with Gasteiger partial charge in [-0.05, 0) is 31.5 Å². The van der Waals surface area contributed by atoms with Crippen molar-refractivity contribution in [2.75, 3.05) is 13.2 Å². The third-order valence-corrected chi connectivity index (χ3v) is 5.08. The molecule has 2 atom stereocenters. The standard InChI is InChI=1S/C13H18FNO4S/c1-9-3-4-11(7-12(9)14)20(17,18)15-8-13(16)5-6-19-10(13)2/h3-4,7,10,15-16H,5-6,8H2,1-2H3. The van der Waals surface area contributed by atoms with Crippen LogP contribution in [0.1, 0.15) is 18.9 Å². The van der Waals surface area contributed by atoms with E-state index in [1.54, 1.807) is 13.8 Å². The van der Waals surface area contributed by atoms with Gasteiger partial charge in [-0.25, -0.2) is 17.5 Å². The molecule has 20 heavy (non-hydrogen) atoms. The first-order chi connectivity index (χ1) is 9.24. The van der Waals surface area contributed by atoms with E-state index in [-0.39, 0.29) is 11.4 Å². The van der Waals surface area contributed by atoms with Crippen molar-refractivity contribution < 1.29 is 22.7 Å². The Morgan fingerprint density at radius 2 is 2.25 bits per heavy atom. The SMILES string of the molecule is Cc1ccc(S(=O)(=O)NCC2(O)CCOC2C)cc1F. The zero-order chi connectivity index (χ0) is 15.0. The zero-order valence-electron chi connectivity index (χ0n) is 11.4. The first-order valence-corrected chi connectivity index (χ1v) is 7.83. The number of hydrogen-bond acceptors (Lipinski definition) is 4. The summed E-state index contributed by atoms with van der Waals surface area (Å²) in [6.45, 7) is 3.47. The summed E-state index contributed by atoms with van der Waals surface area (Å²) in [6, 6.07) is 3.70. The molecule has 2 N–H and O–H groups in total. The van der Waals surface area contributed by atoms with E-state index in [1.165, 1.54) is 12.1 Å². The average Bonchev–Trinajstić information content (AvgIpc) is 2.71. The maximum absolute atomic E-state index is 13.4. The topological polar surface area (TPSA) is 75.6 Å². The number of benzene rings is 1. The lowest BCUT2D eigenvalue weighted by Gasteiger charge is -2.26. The van der Waals surface area contributed by atoms with Crippen LogP contribution >= 0.6 is 0 Å². The van der Waals surface area contributed by atoms with Gasteiger partial charge in [0.15, 0.2) is 0 Å². The fraction of sp³-hybridized carbons (Fsp3) is 0.538. The number of sulfonamides is 1. The lowest BCUT2D eigenvalue weighted by Crippen LogP contribution is -2.47. The van der Waals surface area contributed by atoms with E-state index in [4.69, 9.17) is 4.74 Å². The molecule has 1 saturated heterocycles. The second kappa shape index (κ2) is 5.40. The van der Waals surface area contributed by atoms with Crippen LogP contribution in [0, 0.1) is 12.7 Å². The highest BCUT2D eigenvalue weighted by Gasteiger charge is 2.40. The molecule has 0 aliphatic carbocycles. The minimum absolute atomic E-state index is 0.157. The third kappa shape index (κ3) is 3.01. The van der Waals surface area contributed by atoms with E-state index in [1.807, 2.05) is 0 Å². The Kier molecular flexibility index (Phi) is 4.15. The molecule has 0 radical (unpaired) electrons. The number of rotatable bonds is 4. The molecule has 7 heteroatoms. The highest BCUT2D eigenvalue weighted by Crippen LogP contribution is 2.25. The lowest BCUT2D eigenvalue weighted by atomic mass is 9.97. The summed E-state index contributed by atoms with van der Waals surface area (Å²) in [7, 11) is -3.85. The monoisotopic (exact) mass is 303 g/mol. The molecule has 0 saturated carbocycles. The molecule has 1 aromatic carbocycles. The van der Waals surface area contributed by atoms with Gasteiger partial charge in [0.1, 0.15) is 11.4 Å². The summed E-state index contributed by atoms with van der Waals surface area (Å²) >= 11 is 0. The molecular formula is C13H18FNO4S. The normalized spacial score (nSPS) is 26.9. The third-order valence-electron chi connectivity index (χ3n) is 3.68. The van der Waals surface area contributed by atoms with E-state index in [0.717, 1.165) is 6.07 Å². The number of nitrogens with one attached hydrogen (secondary N) is 1. The van der Waals surface area contributed by atoms with Crippen LogP contribution in [-0.4, -0.2) is 38.4 Å². The van der Waals surface area contributed by atoms with Crippen molar-refractivity contribution in [1.82, 2.24) is 4.72 Å². The van der Waals surface area contributed by atoms with Crippen LogP contribution in [0.2, 0.25) is 0 Å². The zero-order valence-corrected chi connectivity index (χ0v) is 12.2. The highest BCUT2D eigenvalue weighted by atomic mass is 32.2. The summed E-state index contributed by atoms with van der Waals surface area (Å²) in [4.78, 5) is -0.157. The lowest BCUT2D eigenvalue weighted by molar-refractivity contribution is -0.0228. The van der Waals surface area contributed by atoms with Gasteiger partial charge in [0, 0.05) is 19.6 Å². The number of halogens is 1. The Labute approximate surface area is 117 Å². The molecule has 1 fully saturated rings. The Morgan fingerprint density at radius 3 is 2.80 bits per heavy atom. The summed E-state index contributed by atoms with van der Waals surface area (Å²) in [5.41, 5.74) is -0.851. The van der Waals surface area contributed by atoms with Crippen molar-refractivity contribution in [3.05, 3.63) is 29.6 Å². The van der Waals surface area contributed by atoms with E-state index >= 15 is 0 Å². The summed E-state index contributed by atoms with van der Waals surface area (Å²) < 4.78 is 45.1. The first-order valence-electron chi connectivity index (χ1n) is 6.34. The van der Waals surface area contributed by atoms with Crippen molar-refractivity contribution in [1.29, 1.82) is 0 Å². The van der Waals surface area contributed by atoms with Gasteiger partial charge in [0.25, 0.3) is 0 Å². The highest BCUT2D eigenvalue weighted by molar-refractivity contribution is 7.89.